The van der Waals surface area contributed by atoms with Crippen molar-refractivity contribution in [2.75, 3.05) is 32.9 Å². The molecule has 2 unspecified atom stereocenters. The molecule has 2 atom stereocenters. The minimum atomic E-state index is -0.276. The lowest BCUT2D eigenvalue weighted by molar-refractivity contribution is 0.0668. The Morgan fingerprint density at radius 1 is 0.970 bits per heavy atom. The lowest BCUT2D eigenvalue weighted by Crippen LogP contribution is -2.49. The van der Waals surface area contributed by atoms with Crippen LogP contribution in [0.5, 0.6) is 23.0 Å². The van der Waals surface area contributed by atoms with Crippen molar-refractivity contribution >= 4 is 11.8 Å². The van der Waals surface area contributed by atoms with Crippen LogP contribution < -0.4 is 9.47 Å². The van der Waals surface area contributed by atoms with Crippen molar-refractivity contribution < 1.29 is 24.1 Å². The molecular weight excluding hydrogens is 441 g/mol. The molecule has 0 spiro atoms. The average Bonchev–Trinajstić information content (AvgIpc) is 2.80. The molecule has 3 aromatic rings. The Morgan fingerprint density at radius 3 is 2.52 bits per heavy atom. The van der Waals surface area contributed by atoms with E-state index in [1.807, 2.05) is 36.4 Å². The fourth-order valence-electron chi connectivity index (χ4n) is 4.27. The van der Waals surface area contributed by atoms with Crippen molar-refractivity contribution in [3.8, 4) is 23.0 Å². The number of thioether (sulfide) groups is 1. The summed E-state index contributed by atoms with van der Waals surface area (Å²) in [5.41, 5.74) is 1.94. The van der Waals surface area contributed by atoms with Crippen LogP contribution in [0.15, 0.2) is 71.6 Å². The van der Waals surface area contributed by atoms with Crippen LogP contribution in [0.4, 0.5) is 4.39 Å². The minimum absolute atomic E-state index is 0.104. The quantitative estimate of drug-likeness (QED) is 0.489. The number of ether oxygens (including phenoxy) is 2. The van der Waals surface area contributed by atoms with Gasteiger partial charge in [-0.1, -0.05) is 24.3 Å². The number of hydrogen-bond acceptors (Lipinski definition) is 6. The number of halogens is 1. The smallest absolute Gasteiger partial charge is 0.140 e. The maximum Gasteiger partial charge on any atom is 0.140 e. The molecule has 0 radical (unpaired) electrons. The summed E-state index contributed by atoms with van der Waals surface area (Å²) >= 11 is 1.61. The molecule has 33 heavy (non-hydrogen) atoms. The Bertz CT molecular complexity index is 1100. The fraction of sp³-hybridized carbons (Fsp3) is 0.308. The molecule has 172 valence electrons. The largest absolute Gasteiger partial charge is 0.508 e. The Labute approximate surface area is 196 Å². The van der Waals surface area contributed by atoms with Crippen LogP contribution >= 0.6 is 11.8 Å². The van der Waals surface area contributed by atoms with Crippen LogP contribution in [-0.4, -0.2) is 48.0 Å². The third-order valence-electron chi connectivity index (χ3n) is 6.04. The van der Waals surface area contributed by atoms with Gasteiger partial charge < -0.3 is 19.7 Å². The molecule has 1 saturated heterocycles. The van der Waals surface area contributed by atoms with Gasteiger partial charge in [0.05, 0.1) is 16.8 Å². The minimum Gasteiger partial charge on any atom is -0.508 e. The van der Waals surface area contributed by atoms with Crippen molar-refractivity contribution in [2.24, 2.45) is 5.92 Å². The zero-order chi connectivity index (χ0) is 22.8. The van der Waals surface area contributed by atoms with Gasteiger partial charge in [0.15, 0.2) is 0 Å². The molecule has 2 heterocycles. The summed E-state index contributed by atoms with van der Waals surface area (Å²) in [5, 5.41) is 19.8. The number of likely N-dealkylation sites (tertiary alicyclic amines) is 1. The lowest BCUT2D eigenvalue weighted by atomic mass is 10.00. The Morgan fingerprint density at radius 2 is 1.76 bits per heavy atom. The molecule has 1 fully saturated rings. The molecule has 0 saturated carbocycles. The Hall–Kier alpha value is -2.90. The van der Waals surface area contributed by atoms with Gasteiger partial charge in [0.2, 0.25) is 0 Å². The molecular formula is C26H26FNO4S. The number of fused-ring (bicyclic) bond motifs is 1. The van der Waals surface area contributed by atoms with Crippen molar-refractivity contribution in [3.05, 3.63) is 77.9 Å². The number of hydrogen-bond donors (Lipinski definition) is 2. The predicted molar refractivity (Wildman–Crippen MR) is 126 cm³/mol. The van der Waals surface area contributed by atoms with Gasteiger partial charge in [0.1, 0.15) is 35.7 Å². The number of phenols is 2. The van der Waals surface area contributed by atoms with Gasteiger partial charge in [-0.2, -0.15) is 0 Å². The van der Waals surface area contributed by atoms with E-state index >= 15 is 0 Å². The van der Waals surface area contributed by atoms with Gasteiger partial charge in [0, 0.05) is 25.6 Å². The lowest BCUT2D eigenvalue weighted by Gasteiger charge is -2.37. The van der Waals surface area contributed by atoms with Crippen molar-refractivity contribution in [1.29, 1.82) is 0 Å². The highest BCUT2D eigenvalue weighted by Crippen LogP contribution is 2.54. The van der Waals surface area contributed by atoms with Gasteiger partial charge in [0.25, 0.3) is 0 Å². The predicted octanol–water partition coefficient (Wildman–Crippen LogP) is 5.35. The summed E-state index contributed by atoms with van der Waals surface area (Å²) in [6.45, 7) is 2.74. The molecule has 0 aromatic heterocycles. The van der Waals surface area contributed by atoms with Gasteiger partial charge >= 0.3 is 0 Å². The van der Waals surface area contributed by atoms with E-state index in [4.69, 9.17) is 9.47 Å². The number of aromatic hydroxyl groups is 2. The monoisotopic (exact) mass is 467 g/mol. The summed E-state index contributed by atoms with van der Waals surface area (Å²) in [6.07, 6.45) is -0.276. The summed E-state index contributed by atoms with van der Waals surface area (Å²) in [7, 11) is 0. The molecule has 0 amide bonds. The summed E-state index contributed by atoms with van der Waals surface area (Å²) in [5.74, 6) is 2.09. The normalized spacial score (nSPS) is 20.5. The number of rotatable bonds is 7. The van der Waals surface area contributed by atoms with Crippen LogP contribution in [0.2, 0.25) is 0 Å². The maximum absolute atomic E-state index is 12.6. The second-order valence-electron chi connectivity index (χ2n) is 8.50. The maximum atomic E-state index is 12.6. The van der Waals surface area contributed by atoms with Crippen LogP contribution in [0.1, 0.15) is 22.5 Å². The number of alkyl halides is 1. The first-order valence-corrected chi connectivity index (χ1v) is 11.9. The average molecular weight is 468 g/mol. The number of nitrogens with zero attached hydrogens (tertiary/aromatic N) is 1. The van der Waals surface area contributed by atoms with Crippen LogP contribution in [-0.2, 0) is 0 Å². The molecule has 5 nitrogen and oxygen atoms in total. The molecule has 0 bridgehead atoms. The van der Waals surface area contributed by atoms with Gasteiger partial charge in [-0.3, -0.25) is 9.29 Å². The summed E-state index contributed by atoms with van der Waals surface area (Å²) in [4.78, 5) is 3.06. The van der Waals surface area contributed by atoms with Crippen molar-refractivity contribution in [1.82, 2.24) is 4.90 Å². The highest BCUT2D eigenvalue weighted by atomic mass is 32.2. The third-order valence-corrected chi connectivity index (χ3v) is 7.39. The third kappa shape index (κ3) is 4.89. The second-order valence-corrected chi connectivity index (χ2v) is 9.68. The molecule has 7 heteroatoms. The van der Waals surface area contributed by atoms with E-state index < -0.39 is 0 Å². The molecule has 5 rings (SSSR count). The molecule has 2 aliphatic rings. The molecule has 0 aliphatic carbocycles. The van der Waals surface area contributed by atoms with Crippen molar-refractivity contribution in [2.45, 2.75) is 16.2 Å². The van der Waals surface area contributed by atoms with Crippen molar-refractivity contribution in [3.63, 3.8) is 0 Å². The first-order chi connectivity index (χ1) is 16.1. The summed E-state index contributed by atoms with van der Waals surface area (Å²) in [6, 6.07) is 20.2. The second kappa shape index (κ2) is 9.53. The fourth-order valence-corrected chi connectivity index (χ4v) is 5.59. The van der Waals surface area contributed by atoms with Gasteiger partial charge in [-0.25, -0.2) is 0 Å². The zero-order valence-electron chi connectivity index (χ0n) is 18.1. The van der Waals surface area contributed by atoms with E-state index in [1.165, 1.54) is 0 Å². The van der Waals surface area contributed by atoms with Gasteiger partial charge in [-0.15, -0.1) is 11.8 Å². The van der Waals surface area contributed by atoms with E-state index in [-0.39, 0.29) is 35.4 Å². The Balaban J connectivity index is 1.31. The highest BCUT2D eigenvalue weighted by molar-refractivity contribution is 7.99. The summed E-state index contributed by atoms with van der Waals surface area (Å²) < 4.78 is 24.8. The number of benzene rings is 3. The Kier molecular flexibility index (Phi) is 6.33. The SMILES string of the molecule is Oc1cccc(C2Sc3cc(O)ccc3OC2c2ccc(OCCN3CC(CF)C3)cc2)c1. The topological polar surface area (TPSA) is 62.2 Å². The van der Waals surface area contributed by atoms with Gasteiger partial charge in [-0.05, 0) is 53.6 Å². The molecule has 3 aromatic carbocycles. The van der Waals surface area contributed by atoms with E-state index in [0.29, 0.717) is 6.61 Å². The van der Waals surface area contributed by atoms with Crippen LogP contribution in [0, 0.1) is 5.92 Å². The van der Waals surface area contributed by atoms with E-state index in [0.717, 1.165) is 47.2 Å². The first kappa shape index (κ1) is 21.9. The molecule has 2 aliphatic heterocycles. The molecule has 2 N–H and O–H groups in total. The van der Waals surface area contributed by atoms with E-state index in [1.54, 1.807) is 42.1 Å². The number of phenolic OH excluding ortho intramolecular Hbond substituents is 2. The van der Waals surface area contributed by atoms with Crippen LogP contribution in [0.3, 0.4) is 0 Å². The zero-order valence-corrected chi connectivity index (χ0v) is 18.9. The van der Waals surface area contributed by atoms with Crippen LogP contribution in [0.25, 0.3) is 0 Å². The van der Waals surface area contributed by atoms with E-state index in [2.05, 4.69) is 4.90 Å². The van der Waals surface area contributed by atoms with E-state index in [9.17, 15) is 14.6 Å². The standard InChI is InChI=1S/C26H26FNO4S/c27-14-17-15-28(16-17)10-11-31-22-7-4-18(5-8-22)25-26(19-2-1-3-20(29)12-19)33-24-13-21(30)6-9-23(24)32-25/h1-9,12-13,17,25-26,29-30H,10-11,14-16H2. The highest BCUT2D eigenvalue weighted by Gasteiger charge is 2.34. The first-order valence-electron chi connectivity index (χ1n) is 11.1.